The van der Waals surface area contributed by atoms with E-state index in [1.54, 1.807) is 31.2 Å². The molecule has 0 spiro atoms. The Hall–Kier alpha value is -3.75. The first-order valence-corrected chi connectivity index (χ1v) is 8.45. The van der Waals surface area contributed by atoms with Gasteiger partial charge in [0.25, 0.3) is 0 Å². The highest BCUT2D eigenvalue weighted by Crippen LogP contribution is 2.28. The second-order valence-corrected chi connectivity index (χ2v) is 5.65. The molecule has 1 aromatic carbocycles. The summed E-state index contributed by atoms with van der Waals surface area (Å²) in [6.07, 6.45) is 0.594. The molecule has 1 amide bonds. The summed E-state index contributed by atoms with van der Waals surface area (Å²) in [5.41, 5.74) is 2.49. The van der Waals surface area contributed by atoms with Gasteiger partial charge in [-0.05, 0) is 30.3 Å². The number of methoxy groups -OCH3 is 2. The quantitative estimate of drug-likeness (QED) is 0.575. The van der Waals surface area contributed by atoms with Crippen LogP contribution in [0.1, 0.15) is 0 Å². The zero-order valence-corrected chi connectivity index (χ0v) is 15.5. The first-order chi connectivity index (χ1) is 13.6. The van der Waals surface area contributed by atoms with Crippen LogP contribution in [0.5, 0.6) is 17.5 Å². The molecule has 0 fully saturated rings. The number of ether oxygens (including phenoxy) is 3. The predicted molar refractivity (Wildman–Crippen MR) is 101 cm³/mol. The Morgan fingerprint density at radius 1 is 1.11 bits per heavy atom. The second kappa shape index (κ2) is 8.76. The van der Waals surface area contributed by atoms with Gasteiger partial charge in [-0.3, -0.25) is 0 Å². The summed E-state index contributed by atoms with van der Waals surface area (Å²) in [5, 5.41) is 15.2. The maximum Gasteiger partial charge on any atom is 0.404 e. The Labute approximate surface area is 161 Å². The van der Waals surface area contributed by atoms with E-state index in [0.717, 1.165) is 16.9 Å². The zero-order chi connectivity index (χ0) is 19.9. The van der Waals surface area contributed by atoms with Gasteiger partial charge in [-0.1, -0.05) is 0 Å². The number of carboxylic acid groups (broad SMARTS) is 1. The molecule has 28 heavy (non-hydrogen) atoms. The van der Waals surface area contributed by atoms with Gasteiger partial charge in [0.15, 0.2) is 0 Å². The van der Waals surface area contributed by atoms with Gasteiger partial charge in [-0.2, -0.15) is 0 Å². The lowest BCUT2D eigenvalue weighted by atomic mass is 10.1. The van der Waals surface area contributed by atoms with E-state index in [2.05, 4.69) is 15.4 Å². The highest BCUT2D eigenvalue weighted by molar-refractivity contribution is 5.65. The van der Waals surface area contributed by atoms with Crippen molar-refractivity contribution in [3.8, 4) is 34.5 Å². The molecule has 0 aliphatic carbocycles. The van der Waals surface area contributed by atoms with E-state index in [-0.39, 0.29) is 13.2 Å². The minimum absolute atomic E-state index is 0.214. The van der Waals surface area contributed by atoms with Crippen LogP contribution in [0.15, 0.2) is 48.7 Å². The summed E-state index contributed by atoms with van der Waals surface area (Å²) >= 11 is 0. The molecule has 0 unspecified atom stereocenters. The topological polar surface area (TPSA) is 108 Å². The lowest BCUT2D eigenvalue weighted by Crippen LogP contribution is -2.26. The summed E-state index contributed by atoms with van der Waals surface area (Å²) in [4.78, 5) is 14.6. The van der Waals surface area contributed by atoms with Gasteiger partial charge in [0.2, 0.25) is 11.8 Å². The first-order valence-electron chi connectivity index (χ1n) is 8.45. The lowest BCUT2D eigenvalue weighted by molar-refractivity contribution is 0.191. The molecular weight excluding hydrogens is 364 g/mol. The van der Waals surface area contributed by atoms with Crippen molar-refractivity contribution in [1.29, 1.82) is 0 Å². The van der Waals surface area contributed by atoms with Crippen molar-refractivity contribution >= 4 is 6.09 Å². The molecule has 2 N–H and O–H groups in total. The Bertz CT molecular complexity index is 923. The van der Waals surface area contributed by atoms with Crippen molar-refractivity contribution in [2.24, 2.45) is 0 Å². The Morgan fingerprint density at radius 2 is 1.86 bits per heavy atom. The number of pyridine rings is 1. The van der Waals surface area contributed by atoms with Gasteiger partial charge in [0.05, 0.1) is 38.3 Å². The third-order valence-electron chi connectivity index (χ3n) is 3.87. The maximum absolute atomic E-state index is 10.4. The SMILES string of the molecule is COc1ccc(-n2nc(OC)cc2-c2ccc(OCCNC(=O)O)cc2)cn1. The summed E-state index contributed by atoms with van der Waals surface area (Å²) in [5.74, 6) is 1.63. The van der Waals surface area contributed by atoms with Gasteiger partial charge in [-0.25, -0.2) is 14.5 Å². The molecule has 0 radical (unpaired) electrons. The molecule has 2 aromatic heterocycles. The summed E-state index contributed by atoms with van der Waals surface area (Å²) < 4.78 is 17.6. The molecule has 146 valence electrons. The summed E-state index contributed by atoms with van der Waals surface area (Å²) in [6, 6.07) is 12.9. The van der Waals surface area contributed by atoms with Gasteiger partial charge >= 0.3 is 6.09 Å². The van der Waals surface area contributed by atoms with E-state index in [1.807, 2.05) is 36.4 Å². The molecule has 0 aliphatic rings. The highest BCUT2D eigenvalue weighted by atomic mass is 16.5. The minimum atomic E-state index is -1.07. The lowest BCUT2D eigenvalue weighted by Gasteiger charge is -2.09. The van der Waals surface area contributed by atoms with Crippen LogP contribution in [0, 0.1) is 0 Å². The largest absolute Gasteiger partial charge is 0.492 e. The third kappa shape index (κ3) is 4.50. The number of carbonyl (C=O) groups is 1. The fourth-order valence-corrected chi connectivity index (χ4v) is 2.53. The van der Waals surface area contributed by atoms with Crippen molar-refractivity contribution in [2.75, 3.05) is 27.4 Å². The molecule has 0 aliphatic heterocycles. The number of hydrogen-bond donors (Lipinski definition) is 2. The minimum Gasteiger partial charge on any atom is -0.492 e. The Balaban J connectivity index is 1.80. The van der Waals surface area contributed by atoms with Crippen molar-refractivity contribution in [1.82, 2.24) is 20.1 Å². The van der Waals surface area contributed by atoms with Crippen LogP contribution in [0.3, 0.4) is 0 Å². The maximum atomic E-state index is 10.4. The highest BCUT2D eigenvalue weighted by Gasteiger charge is 2.13. The fraction of sp³-hybridized carbons (Fsp3) is 0.211. The summed E-state index contributed by atoms with van der Waals surface area (Å²) in [7, 11) is 3.12. The van der Waals surface area contributed by atoms with Crippen LogP contribution in [-0.2, 0) is 0 Å². The second-order valence-electron chi connectivity index (χ2n) is 5.65. The number of nitrogens with zero attached hydrogens (tertiary/aromatic N) is 3. The molecule has 0 saturated carbocycles. The zero-order valence-electron chi connectivity index (χ0n) is 15.5. The number of benzene rings is 1. The fourth-order valence-electron chi connectivity index (χ4n) is 2.53. The van der Waals surface area contributed by atoms with E-state index >= 15 is 0 Å². The number of hydrogen-bond acceptors (Lipinski definition) is 6. The van der Waals surface area contributed by atoms with Crippen LogP contribution in [0.2, 0.25) is 0 Å². The van der Waals surface area contributed by atoms with Crippen molar-refractivity contribution in [2.45, 2.75) is 0 Å². The molecule has 3 rings (SSSR count). The van der Waals surface area contributed by atoms with E-state index in [0.29, 0.717) is 17.5 Å². The molecule has 0 saturated heterocycles. The molecule has 0 atom stereocenters. The third-order valence-corrected chi connectivity index (χ3v) is 3.87. The molecule has 0 bridgehead atoms. The van der Waals surface area contributed by atoms with E-state index in [4.69, 9.17) is 19.3 Å². The molecule has 9 heteroatoms. The molecule has 9 nitrogen and oxygen atoms in total. The summed E-state index contributed by atoms with van der Waals surface area (Å²) in [6.45, 7) is 0.459. The van der Waals surface area contributed by atoms with Crippen LogP contribution < -0.4 is 19.5 Å². The van der Waals surface area contributed by atoms with Gasteiger partial charge in [-0.15, -0.1) is 5.10 Å². The molecule has 3 aromatic rings. The van der Waals surface area contributed by atoms with Crippen molar-refractivity contribution < 1.29 is 24.1 Å². The smallest absolute Gasteiger partial charge is 0.404 e. The van der Waals surface area contributed by atoms with Gasteiger partial charge < -0.3 is 24.6 Å². The van der Waals surface area contributed by atoms with Crippen LogP contribution in [0.25, 0.3) is 16.9 Å². The number of amides is 1. The number of rotatable bonds is 8. The number of aromatic nitrogens is 3. The van der Waals surface area contributed by atoms with E-state index < -0.39 is 6.09 Å². The molecular formula is C19H20N4O5. The predicted octanol–water partition coefficient (Wildman–Crippen LogP) is 2.60. The average Bonchev–Trinajstić information content (AvgIpc) is 3.16. The van der Waals surface area contributed by atoms with E-state index in [1.165, 1.54) is 0 Å². The Morgan fingerprint density at radius 3 is 2.46 bits per heavy atom. The van der Waals surface area contributed by atoms with Crippen LogP contribution in [-0.4, -0.2) is 53.3 Å². The van der Waals surface area contributed by atoms with Gasteiger partial charge in [0.1, 0.15) is 12.4 Å². The standard InChI is InChI=1S/C19H20N4O5/c1-26-17-8-5-14(12-21-17)23-16(11-18(22-23)27-2)13-3-6-15(7-4-13)28-10-9-20-19(24)25/h3-8,11-12,20H,9-10H2,1-2H3,(H,24,25). The first kappa shape index (κ1) is 19.0. The normalized spacial score (nSPS) is 10.4. The van der Waals surface area contributed by atoms with E-state index in [9.17, 15) is 4.79 Å². The van der Waals surface area contributed by atoms with Gasteiger partial charge in [0, 0.05) is 17.7 Å². The number of nitrogens with one attached hydrogen (secondary N) is 1. The molecule has 2 heterocycles. The van der Waals surface area contributed by atoms with Crippen molar-refractivity contribution in [3.05, 3.63) is 48.7 Å². The van der Waals surface area contributed by atoms with Crippen LogP contribution >= 0.6 is 0 Å². The van der Waals surface area contributed by atoms with Crippen LogP contribution in [0.4, 0.5) is 4.79 Å². The monoisotopic (exact) mass is 384 g/mol. The van der Waals surface area contributed by atoms with Crippen molar-refractivity contribution in [3.63, 3.8) is 0 Å². The Kier molecular flexibility index (Phi) is 5.95. The average molecular weight is 384 g/mol.